The van der Waals surface area contributed by atoms with Crippen molar-refractivity contribution in [2.75, 3.05) is 38.2 Å². The van der Waals surface area contributed by atoms with Crippen molar-refractivity contribution in [1.29, 1.82) is 0 Å². The maximum Gasteiger partial charge on any atom is 0.245 e. The van der Waals surface area contributed by atoms with Crippen LogP contribution in [0.15, 0.2) is 0 Å². The van der Waals surface area contributed by atoms with Crippen molar-refractivity contribution in [2.24, 2.45) is 0 Å². The average Bonchev–Trinajstić information content (AvgIpc) is 2.35. The van der Waals surface area contributed by atoms with Gasteiger partial charge in [-0.3, -0.25) is 4.90 Å². The van der Waals surface area contributed by atoms with Gasteiger partial charge in [-0.2, -0.15) is 4.98 Å². The summed E-state index contributed by atoms with van der Waals surface area (Å²) in [5.41, 5.74) is 0. The van der Waals surface area contributed by atoms with Crippen molar-refractivity contribution in [1.82, 2.24) is 20.1 Å². The highest BCUT2D eigenvalue weighted by Crippen LogP contribution is 2.17. The Balaban J connectivity index is 1.89. The molecule has 0 saturated carbocycles. The molecule has 1 unspecified atom stereocenters. The summed E-state index contributed by atoms with van der Waals surface area (Å²) in [6.45, 7) is 6.41. The van der Waals surface area contributed by atoms with Crippen LogP contribution in [0.3, 0.4) is 0 Å². The maximum atomic E-state index is 5.89. The van der Waals surface area contributed by atoms with Gasteiger partial charge in [-0.05, 0) is 18.5 Å². The van der Waals surface area contributed by atoms with Crippen molar-refractivity contribution < 1.29 is 4.74 Å². The van der Waals surface area contributed by atoms with Crippen LogP contribution in [0, 0.1) is 0 Å². The van der Waals surface area contributed by atoms with Crippen LogP contribution in [0.4, 0.5) is 5.82 Å². The molecule has 1 N–H and O–H groups in total. The molecule has 8 heteroatoms. The van der Waals surface area contributed by atoms with Gasteiger partial charge in [0.1, 0.15) is 0 Å². The fourth-order valence-electron chi connectivity index (χ4n) is 1.84. The summed E-state index contributed by atoms with van der Waals surface area (Å²) in [6, 6.07) is 0.188. The minimum atomic E-state index is 0.0838. The zero-order chi connectivity index (χ0) is 13.0. The van der Waals surface area contributed by atoms with Crippen LogP contribution >= 0.6 is 23.2 Å². The largest absolute Gasteiger partial charge is 0.379 e. The number of ether oxygens (including phenoxy) is 1. The first-order chi connectivity index (χ1) is 8.65. The van der Waals surface area contributed by atoms with Gasteiger partial charge >= 0.3 is 0 Å². The monoisotopic (exact) mass is 291 g/mol. The smallest absolute Gasteiger partial charge is 0.245 e. The number of nitrogens with one attached hydrogen (secondary N) is 1. The molecule has 100 valence electrons. The Labute approximate surface area is 116 Å². The van der Waals surface area contributed by atoms with E-state index in [9.17, 15) is 0 Å². The summed E-state index contributed by atoms with van der Waals surface area (Å²) in [5.74, 6) is 0.470. The SMILES string of the molecule is CC(CN1CCOCC1)Nc1nc(Cl)nnc1Cl. The Bertz CT molecular complexity index is 400. The van der Waals surface area contributed by atoms with Crippen LogP contribution in [0.5, 0.6) is 0 Å². The van der Waals surface area contributed by atoms with E-state index < -0.39 is 0 Å². The summed E-state index contributed by atoms with van der Waals surface area (Å²) in [6.07, 6.45) is 0. The first kappa shape index (κ1) is 13.7. The molecule has 0 aromatic carbocycles. The van der Waals surface area contributed by atoms with Gasteiger partial charge in [-0.15, -0.1) is 10.2 Å². The third-order valence-corrected chi connectivity index (χ3v) is 3.05. The Morgan fingerprint density at radius 2 is 2.06 bits per heavy atom. The van der Waals surface area contributed by atoms with Crippen LogP contribution in [0.1, 0.15) is 6.92 Å². The Kier molecular flexibility index (Phi) is 4.94. The fourth-order valence-corrected chi connectivity index (χ4v) is 2.09. The quantitative estimate of drug-likeness (QED) is 0.903. The van der Waals surface area contributed by atoms with Crippen LogP contribution in [0.2, 0.25) is 10.4 Å². The molecule has 1 aliphatic rings. The number of halogens is 2. The molecular formula is C10H15Cl2N5O. The zero-order valence-electron chi connectivity index (χ0n) is 10.1. The summed E-state index contributed by atoms with van der Waals surface area (Å²) < 4.78 is 5.30. The summed E-state index contributed by atoms with van der Waals surface area (Å²) in [7, 11) is 0. The number of nitrogens with zero attached hydrogens (tertiary/aromatic N) is 4. The van der Waals surface area contributed by atoms with Crippen LogP contribution < -0.4 is 5.32 Å². The van der Waals surface area contributed by atoms with Gasteiger partial charge in [0.25, 0.3) is 0 Å². The predicted octanol–water partition coefficient (Wildman–Crippen LogP) is 1.31. The number of aromatic nitrogens is 3. The van der Waals surface area contributed by atoms with Crippen LogP contribution in [0.25, 0.3) is 0 Å². The van der Waals surface area contributed by atoms with Crippen molar-refractivity contribution >= 4 is 29.0 Å². The molecule has 0 radical (unpaired) electrons. The summed E-state index contributed by atoms with van der Waals surface area (Å²) in [4.78, 5) is 6.34. The van der Waals surface area contributed by atoms with E-state index in [0.29, 0.717) is 5.82 Å². The van der Waals surface area contributed by atoms with Gasteiger partial charge in [0.05, 0.1) is 13.2 Å². The van der Waals surface area contributed by atoms with Crippen molar-refractivity contribution in [2.45, 2.75) is 13.0 Å². The second-order valence-corrected chi connectivity index (χ2v) is 4.87. The third kappa shape index (κ3) is 3.91. The molecule has 1 saturated heterocycles. The molecule has 2 heterocycles. The van der Waals surface area contributed by atoms with E-state index >= 15 is 0 Å². The van der Waals surface area contributed by atoms with Gasteiger partial charge < -0.3 is 10.1 Å². The molecule has 1 fully saturated rings. The van der Waals surface area contributed by atoms with Crippen molar-refractivity contribution in [3.63, 3.8) is 0 Å². The topological polar surface area (TPSA) is 63.2 Å². The standard InChI is InChI=1S/C10H15Cl2N5O/c1-7(6-17-2-4-18-5-3-17)13-9-8(11)15-16-10(12)14-9/h7H,2-6H2,1H3,(H,13,14,16). The van der Waals surface area contributed by atoms with E-state index in [1.165, 1.54) is 0 Å². The molecule has 2 rings (SSSR count). The third-order valence-electron chi connectivity index (χ3n) is 2.64. The van der Waals surface area contributed by atoms with Gasteiger partial charge in [-0.1, -0.05) is 11.6 Å². The molecule has 18 heavy (non-hydrogen) atoms. The lowest BCUT2D eigenvalue weighted by Crippen LogP contribution is -2.42. The Morgan fingerprint density at radius 3 is 2.78 bits per heavy atom. The highest BCUT2D eigenvalue weighted by Gasteiger charge is 2.15. The normalized spacial score (nSPS) is 18.6. The van der Waals surface area contributed by atoms with E-state index in [2.05, 4.69) is 32.3 Å². The molecule has 0 amide bonds. The summed E-state index contributed by atoms with van der Waals surface area (Å²) in [5, 5.41) is 10.8. The molecule has 0 spiro atoms. The molecule has 0 aliphatic carbocycles. The Hall–Kier alpha value is -0.690. The predicted molar refractivity (Wildman–Crippen MR) is 70.2 cm³/mol. The lowest BCUT2D eigenvalue weighted by molar-refractivity contribution is 0.0368. The number of morpholine rings is 1. The maximum absolute atomic E-state index is 5.89. The molecule has 1 atom stereocenters. The molecular weight excluding hydrogens is 277 g/mol. The minimum Gasteiger partial charge on any atom is -0.379 e. The molecule has 1 aromatic rings. The Morgan fingerprint density at radius 1 is 1.33 bits per heavy atom. The molecule has 1 aliphatic heterocycles. The second kappa shape index (κ2) is 6.47. The number of hydrogen-bond acceptors (Lipinski definition) is 6. The number of hydrogen-bond donors (Lipinski definition) is 1. The van der Waals surface area contributed by atoms with Gasteiger partial charge in [0.15, 0.2) is 11.0 Å². The lowest BCUT2D eigenvalue weighted by atomic mass is 10.3. The van der Waals surface area contributed by atoms with Gasteiger partial charge in [-0.25, -0.2) is 0 Å². The average molecular weight is 292 g/mol. The van der Waals surface area contributed by atoms with E-state index in [1.807, 2.05) is 0 Å². The van der Waals surface area contributed by atoms with Gasteiger partial charge in [0.2, 0.25) is 5.28 Å². The second-order valence-electron chi connectivity index (χ2n) is 4.18. The van der Waals surface area contributed by atoms with E-state index in [4.69, 9.17) is 27.9 Å². The molecule has 1 aromatic heterocycles. The van der Waals surface area contributed by atoms with Crippen LogP contribution in [-0.4, -0.2) is 59.0 Å². The number of rotatable bonds is 4. The van der Waals surface area contributed by atoms with Crippen LogP contribution in [-0.2, 0) is 4.74 Å². The van der Waals surface area contributed by atoms with Crippen molar-refractivity contribution in [3.8, 4) is 0 Å². The zero-order valence-corrected chi connectivity index (χ0v) is 11.6. The first-order valence-corrected chi connectivity index (χ1v) is 6.53. The lowest BCUT2D eigenvalue weighted by Gasteiger charge is -2.29. The van der Waals surface area contributed by atoms with Crippen molar-refractivity contribution in [3.05, 3.63) is 10.4 Å². The fraction of sp³-hybridized carbons (Fsp3) is 0.700. The minimum absolute atomic E-state index is 0.0838. The highest BCUT2D eigenvalue weighted by atomic mass is 35.5. The number of anilines is 1. The van der Waals surface area contributed by atoms with E-state index in [-0.39, 0.29) is 16.5 Å². The molecule has 6 nitrogen and oxygen atoms in total. The highest BCUT2D eigenvalue weighted by molar-refractivity contribution is 6.32. The van der Waals surface area contributed by atoms with E-state index in [0.717, 1.165) is 32.8 Å². The van der Waals surface area contributed by atoms with E-state index in [1.54, 1.807) is 0 Å². The first-order valence-electron chi connectivity index (χ1n) is 5.77. The summed E-state index contributed by atoms with van der Waals surface area (Å²) >= 11 is 11.6. The van der Waals surface area contributed by atoms with Gasteiger partial charge in [0, 0.05) is 25.7 Å². The molecule has 0 bridgehead atoms.